The second kappa shape index (κ2) is 8.20. The number of methoxy groups -OCH3 is 1. The summed E-state index contributed by atoms with van der Waals surface area (Å²) in [4.78, 5) is 2.49. The predicted octanol–water partition coefficient (Wildman–Crippen LogP) is 4.54. The highest BCUT2D eigenvalue weighted by molar-refractivity contribution is 5.57. The molecule has 0 aromatic heterocycles. The first-order chi connectivity index (χ1) is 11.5. The molecule has 2 rings (SSSR count). The van der Waals surface area contributed by atoms with Crippen LogP contribution in [0.25, 0.3) is 0 Å². The number of ether oxygens (including phenoxy) is 1. The van der Waals surface area contributed by atoms with Crippen LogP contribution in [-0.4, -0.2) is 32.1 Å². The lowest BCUT2D eigenvalue weighted by Crippen LogP contribution is -2.37. The summed E-state index contributed by atoms with van der Waals surface area (Å²) < 4.78 is 5.44. The highest BCUT2D eigenvalue weighted by atomic mass is 16.5. The first-order valence-electron chi connectivity index (χ1n) is 8.62. The summed E-state index contributed by atoms with van der Waals surface area (Å²) in [5.41, 5.74) is 3.82. The number of benzene rings is 2. The zero-order chi connectivity index (χ0) is 17.6. The van der Waals surface area contributed by atoms with Crippen LogP contribution in [0.3, 0.4) is 0 Å². The topological polar surface area (TPSA) is 24.5 Å². The van der Waals surface area contributed by atoms with E-state index in [0.717, 1.165) is 31.1 Å². The van der Waals surface area contributed by atoms with Crippen LogP contribution in [-0.2, 0) is 12.0 Å². The Morgan fingerprint density at radius 1 is 1.08 bits per heavy atom. The van der Waals surface area contributed by atoms with Crippen molar-refractivity contribution in [1.29, 1.82) is 0 Å². The highest BCUT2D eigenvalue weighted by Crippen LogP contribution is 2.34. The number of nitrogens with one attached hydrogen (secondary N) is 1. The minimum atomic E-state index is 0.0116. The van der Waals surface area contributed by atoms with Crippen molar-refractivity contribution in [2.75, 3.05) is 32.6 Å². The summed E-state index contributed by atoms with van der Waals surface area (Å²) in [6.07, 6.45) is 0. The van der Waals surface area contributed by atoms with Crippen molar-refractivity contribution in [1.82, 2.24) is 4.90 Å². The zero-order valence-corrected chi connectivity index (χ0v) is 15.6. The fourth-order valence-corrected chi connectivity index (χ4v) is 3.19. The number of likely N-dealkylation sites (N-methyl/N-ethyl adjacent to an activating group) is 1. The number of rotatable bonds is 8. The van der Waals surface area contributed by atoms with E-state index in [2.05, 4.69) is 73.5 Å². The van der Waals surface area contributed by atoms with Crippen LogP contribution in [0.15, 0.2) is 48.5 Å². The minimum Gasteiger partial charge on any atom is -0.497 e. The normalized spacial score (nSPS) is 11.6. The van der Waals surface area contributed by atoms with Gasteiger partial charge in [0, 0.05) is 31.2 Å². The molecule has 0 saturated heterocycles. The van der Waals surface area contributed by atoms with Gasteiger partial charge in [-0.2, -0.15) is 0 Å². The van der Waals surface area contributed by atoms with E-state index in [-0.39, 0.29) is 5.41 Å². The summed E-state index contributed by atoms with van der Waals surface area (Å²) in [7, 11) is 3.70. The molecule has 0 heterocycles. The van der Waals surface area contributed by atoms with Crippen molar-refractivity contribution in [3.63, 3.8) is 0 Å². The van der Waals surface area contributed by atoms with Gasteiger partial charge >= 0.3 is 0 Å². The quantitative estimate of drug-likeness (QED) is 0.771. The second-order valence-corrected chi connectivity index (χ2v) is 6.83. The van der Waals surface area contributed by atoms with Gasteiger partial charge < -0.3 is 10.1 Å². The molecule has 0 saturated carbocycles. The van der Waals surface area contributed by atoms with Crippen molar-refractivity contribution in [2.45, 2.75) is 32.7 Å². The van der Waals surface area contributed by atoms with Crippen LogP contribution >= 0.6 is 0 Å². The highest BCUT2D eigenvalue weighted by Gasteiger charge is 2.26. The number of nitrogens with zero attached hydrogens (tertiary/aromatic N) is 1. The molecule has 1 N–H and O–H groups in total. The van der Waals surface area contributed by atoms with Gasteiger partial charge in [0.1, 0.15) is 5.75 Å². The lowest BCUT2D eigenvalue weighted by atomic mass is 9.82. The van der Waals surface area contributed by atoms with Crippen LogP contribution in [0, 0.1) is 0 Å². The Hall–Kier alpha value is -2.00. The Balaban J connectivity index is 2.22. The summed E-state index contributed by atoms with van der Waals surface area (Å²) in [5, 5.41) is 3.32. The Bertz CT molecular complexity index is 638. The summed E-state index contributed by atoms with van der Waals surface area (Å²) >= 11 is 0. The number of anilines is 1. The van der Waals surface area contributed by atoms with Crippen LogP contribution in [0.1, 0.15) is 31.9 Å². The van der Waals surface area contributed by atoms with Gasteiger partial charge in [-0.3, -0.25) is 4.90 Å². The molecule has 0 aliphatic rings. The van der Waals surface area contributed by atoms with Gasteiger partial charge in [-0.25, -0.2) is 0 Å². The third-order valence-electron chi connectivity index (χ3n) is 4.54. The molecular formula is C21H30N2O. The molecule has 0 radical (unpaired) electrons. The number of hydrogen-bond donors (Lipinski definition) is 1. The van der Waals surface area contributed by atoms with Crippen LogP contribution in [0.4, 0.5) is 5.69 Å². The number of hydrogen-bond acceptors (Lipinski definition) is 3. The molecule has 0 aliphatic carbocycles. The van der Waals surface area contributed by atoms with Crippen LogP contribution in [0.5, 0.6) is 5.75 Å². The fraction of sp³-hybridized carbons (Fsp3) is 0.429. The van der Waals surface area contributed by atoms with E-state index >= 15 is 0 Å². The summed E-state index contributed by atoms with van der Waals surface area (Å²) in [5.74, 6) is 0.906. The van der Waals surface area contributed by atoms with Crippen LogP contribution < -0.4 is 10.1 Å². The first kappa shape index (κ1) is 18.3. The largest absolute Gasteiger partial charge is 0.497 e. The summed E-state index contributed by atoms with van der Waals surface area (Å²) in [6.45, 7) is 9.81. The maximum Gasteiger partial charge on any atom is 0.119 e. The first-order valence-corrected chi connectivity index (χ1v) is 8.62. The van der Waals surface area contributed by atoms with Gasteiger partial charge in [0.25, 0.3) is 0 Å². The van der Waals surface area contributed by atoms with E-state index in [1.54, 1.807) is 7.11 Å². The third kappa shape index (κ3) is 4.51. The monoisotopic (exact) mass is 326 g/mol. The van der Waals surface area contributed by atoms with Crippen LogP contribution in [0.2, 0.25) is 0 Å². The van der Waals surface area contributed by atoms with Crippen molar-refractivity contribution in [2.24, 2.45) is 0 Å². The molecule has 2 aromatic rings. The molecule has 0 spiro atoms. The molecular weight excluding hydrogens is 296 g/mol. The SMILES string of the molecule is CCN(Cc1ccccc1)CC(C)(C)c1cc(OC)ccc1NC. The Morgan fingerprint density at radius 3 is 2.38 bits per heavy atom. The molecule has 0 aliphatic heterocycles. The van der Waals surface area contributed by atoms with Gasteiger partial charge in [-0.05, 0) is 35.9 Å². The molecule has 24 heavy (non-hydrogen) atoms. The Morgan fingerprint density at radius 2 is 1.79 bits per heavy atom. The van der Waals surface area contributed by atoms with Gasteiger partial charge in [-0.15, -0.1) is 0 Å². The molecule has 0 atom stereocenters. The molecule has 0 unspecified atom stereocenters. The van der Waals surface area contributed by atoms with Gasteiger partial charge in [0.05, 0.1) is 7.11 Å². The van der Waals surface area contributed by atoms with Crippen molar-refractivity contribution < 1.29 is 4.74 Å². The predicted molar refractivity (Wildman–Crippen MR) is 103 cm³/mol. The zero-order valence-electron chi connectivity index (χ0n) is 15.6. The van der Waals surface area contributed by atoms with E-state index in [1.807, 2.05) is 13.1 Å². The average Bonchev–Trinajstić information content (AvgIpc) is 2.61. The molecule has 130 valence electrons. The van der Waals surface area contributed by atoms with Crippen molar-refractivity contribution in [3.8, 4) is 5.75 Å². The van der Waals surface area contributed by atoms with E-state index in [4.69, 9.17) is 4.74 Å². The lowest BCUT2D eigenvalue weighted by molar-refractivity contribution is 0.226. The lowest BCUT2D eigenvalue weighted by Gasteiger charge is -2.34. The molecule has 3 heteroatoms. The molecule has 2 aromatic carbocycles. The average molecular weight is 326 g/mol. The maximum atomic E-state index is 5.44. The standard InChI is InChI=1S/C21H30N2O/c1-6-23(15-17-10-8-7-9-11-17)16-21(2,3)19-14-18(24-5)12-13-20(19)22-4/h7-14,22H,6,15-16H2,1-5H3. The molecule has 3 nitrogen and oxygen atoms in total. The van der Waals surface area contributed by atoms with E-state index in [0.29, 0.717) is 0 Å². The third-order valence-corrected chi connectivity index (χ3v) is 4.54. The molecule has 0 amide bonds. The minimum absolute atomic E-state index is 0.0116. The van der Waals surface area contributed by atoms with E-state index in [9.17, 15) is 0 Å². The van der Waals surface area contributed by atoms with E-state index in [1.165, 1.54) is 11.1 Å². The maximum absolute atomic E-state index is 5.44. The Labute approximate surface area is 146 Å². The van der Waals surface area contributed by atoms with Gasteiger partial charge in [-0.1, -0.05) is 51.1 Å². The van der Waals surface area contributed by atoms with Gasteiger partial charge in [0.2, 0.25) is 0 Å². The summed E-state index contributed by atoms with van der Waals surface area (Å²) in [6, 6.07) is 16.9. The smallest absolute Gasteiger partial charge is 0.119 e. The van der Waals surface area contributed by atoms with Gasteiger partial charge in [0.15, 0.2) is 0 Å². The molecule has 0 bridgehead atoms. The van der Waals surface area contributed by atoms with Crippen molar-refractivity contribution in [3.05, 3.63) is 59.7 Å². The Kier molecular flexibility index (Phi) is 6.27. The van der Waals surface area contributed by atoms with E-state index < -0.39 is 0 Å². The van der Waals surface area contributed by atoms with Crippen molar-refractivity contribution >= 4 is 5.69 Å². The molecule has 0 fully saturated rings. The second-order valence-electron chi connectivity index (χ2n) is 6.83. The fourth-order valence-electron chi connectivity index (χ4n) is 3.19.